The number of ether oxygens (including phenoxy) is 1. The first kappa shape index (κ1) is 21.0. The second-order valence-electron chi connectivity index (χ2n) is 7.02. The summed E-state index contributed by atoms with van der Waals surface area (Å²) in [5.41, 5.74) is 1.97. The van der Waals surface area contributed by atoms with Crippen molar-refractivity contribution in [1.82, 2.24) is 14.9 Å². The Hall–Kier alpha value is -2.68. The average Bonchev–Trinajstić information content (AvgIpc) is 2.74. The first-order chi connectivity index (χ1) is 13.8. The highest BCUT2D eigenvalue weighted by atomic mass is 32.2. The standard InChI is InChI=1S/C20H26N4O4S/c1-4-29(26,27)23(3)17-7-8-19(22-14-17)28-18-9-11-24(12-10-18)20(25)16-6-5-15(2)21-13-16/h5-8,13-14,18H,4,9-12H2,1-3H3. The Labute approximate surface area is 171 Å². The molecular formula is C20H26N4O4S. The van der Waals surface area contributed by atoms with Gasteiger partial charge < -0.3 is 9.64 Å². The van der Waals surface area contributed by atoms with Crippen molar-refractivity contribution in [3.8, 4) is 5.88 Å². The van der Waals surface area contributed by atoms with Crippen molar-refractivity contribution in [1.29, 1.82) is 0 Å². The fraction of sp³-hybridized carbons (Fsp3) is 0.450. The number of carbonyl (C=O) groups excluding carboxylic acids is 1. The molecule has 1 amide bonds. The number of rotatable bonds is 6. The van der Waals surface area contributed by atoms with E-state index >= 15 is 0 Å². The van der Waals surface area contributed by atoms with E-state index in [-0.39, 0.29) is 17.8 Å². The van der Waals surface area contributed by atoms with Crippen molar-refractivity contribution >= 4 is 21.6 Å². The molecule has 1 saturated heterocycles. The van der Waals surface area contributed by atoms with Gasteiger partial charge in [-0.15, -0.1) is 0 Å². The molecule has 0 spiro atoms. The Kier molecular flexibility index (Phi) is 6.36. The molecule has 0 saturated carbocycles. The minimum Gasteiger partial charge on any atom is -0.474 e. The number of hydrogen-bond donors (Lipinski definition) is 0. The highest BCUT2D eigenvalue weighted by molar-refractivity contribution is 7.92. The van der Waals surface area contributed by atoms with Gasteiger partial charge >= 0.3 is 0 Å². The number of sulfonamides is 1. The molecule has 9 heteroatoms. The lowest BCUT2D eigenvalue weighted by molar-refractivity contribution is 0.0587. The molecule has 8 nitrogen and oxygen atoms in total. The predicted octanol–water partition coefficient (Wildman–Crippen LogP) is 2.25. The van der Waals surface area contributed by atoms with E-state index in [0.29, 0.717) is 43.1 Å². The largest absolute Gasteiger partial charge is 0.474 e. The molecule has 0 aliphatic carbocycles. The van der Waals surface area contributed by atoms with Gasteiger partial charge in [0.15, 0.2) is 0 Å². The van der Waals surface area contributed by atoms with Gasteiger partial charge in [-0.1, -0.05) is 0 Å². The number of aryl methyl sites for hydroxylation is 1. The van der Waals surface area contributed by atoms with E-state index in [1.54, 1.807) is 31.3 Å². The van der Waals surface area contributed by atoms with Crippen LogP contribution in [0.25, 0.3) is 0 Å². The van der Waals surface area contributed by atoms with Gasteiger partial charge in [-0.3, -0.25) is 14.1 Å². The molecule has 0 aromatic carbocycles. The second-order valence-corrected chi connectivity index (χ2v) is 9.31. The molecule has 0 bridgehead atoms. The summed E-state index contributed by atoms with van der Waals surface area (Å²) in [5, 5.41) is 0. The van der Waals surface area contributed by atoms with Gasteiger partial charge in [0.2, 0.25) is 15.9 Å². The number of nitrogens with zero attached hydrogens (tertiary/aromatic N) is 4. The molecule has 0 N–H and O–H groups in total. The molecule has 2 aromatic rings. The van der Waals surface area contributed by atoms with E-state index in [9.17, 15) is 13.2 Å². The number of hydrogen-bond acceptors (Lipinski definition) is 6. The van der Waals surface area contributed by atoms with Gasteiger partial charge in [-0.05, 0) is 32.0 Å². The lowest BCUT2D eigenvalue weighted by atomic mass is 10.1. The van der Waals surface area contributed by atoms with Crippen molar-refractivity contribution in [3.05, 3.63) is 47.9 Å². The summed E-state index contributed by atoms with van der Waals surface area (Å²) >= 11 is 0. The van der Waals surface area contributed by atoms with Crippen LogP contribution in [0.1, 0.15) is 35.8 Å². The molecule has 0 atom stereocenters. The number of pyridine rings is 2. The number of likely N-dealkylation sites (tertiary alicyclic amines) is 1. The van der Waals surface area contributed by atoms with Gasteiger partial charge in [0, 0.05) is 50.9 Å². The summed E-state index contributed by atoms with van der Waals surface area (Å²) in [6.07, 6.45) is 4.48. The highest BCUT2D eigenvalue weighted by Gasteiger charge is 2.25. The third kappa shape index (κ3) is 5.03. The molecule has 1 aliphatic rings. The number of piperidine rings is 1. The zero-order valence-electron chi connectivity index (χ0n) is 16.9. The Morgan fingerprint density at radius 1 is 1.17 bits per heavy atom. The topological polar surface area (TPSA) is 92.7 Å². The van der Waals surface area contributed by atoms with Crippen molar-refractivity contribution in [2.45, 2.75) is 32.8 Å². The summed E-state index contributed by atoms with van der Waals surface area (Å²) in [6.45, 7) is 4.70. The fourth-order valence-corrected chi connectivity index (χ4v) is 3.92. The second kappa shape index (κ2) is 8.77. The van der Waals surface area contributed by atoms with E-state index in [1.165, 1.54) is 17.5 Å². The summed E-state index contributed by atoms with van der Waals surface area (Å²) in [4.78, 5) is 22.8. The first-order valence-electron chi connectivity index (χ1n) is 9.61. The first-order valence-corrected chi connectivity index (χ1v) is 11.2. The van der Waals surface area contributed by atoms with Crippen LogP contribution in [0.3, 0.4) is 0 Å². The van der Waals surface area contributed by atoms with E-state index in [2.05, 4.69) is 9.97 Å². The zero-order chi connectivity index (χ0) is 21.0. The lowest BCUT2D eigenvalue weighted by Crippen LogP contribution is -2.41. The van der Waals surface area contributed by atoms with E-state index in [1.807, 2.05) is 17.9 Å². The molecule has 1 fully saturated rings. The Morgan fingerprint density at radius 3 is 2.45 bits per heavy atom. The van der Waals surface area contributed by atoms with Crippen LogP contribution >= 0.6 is 0 Å². The molecule has 3 heterocycles. The quantitative estimate of drug-likeness (QED) is 0.714. The predicted molar refractivity (Wildman–Crippen MR) is 111 cm³/mol. The smallest absolute Gasteiger partial charge is 0.255 e. The van der Waals surface area contributed by atoms with Crippen molar-refractivity contribution in [2.24, 2.45) is 0 Å². The average molecular weight is 419 g/mol. The zero-order valence-corrected chi connectivity index (χ0v) is 17.7. The minimum absolute atomic E-state index is 0.0152. The van der Waals surface area contributed by atoms with Crippen LogP contribution in [-0.4, -0.2) is 61.2 Å². The van der Waals surface area contributed by atoms with Crippen molar-refractivity contribution in [3.63, 3.8) is 0 Å². The maximum atomic E-state index is 12.6. The summed E-state index contributed by atoms with van der Waals surface area (Å²) in [7, 11) is -1.81. The number of anilines is 1. The Morgan fingerprint density at radius 2 is 1.90 bits per heavy atom. The van der Waals surface area contributed by atoms with E-state index < -0.39 is 10.0 Å². The maximum absolute atomic E-state index is 12.6. The highest BCUT2D eigenvalue weighted by Crippen LogP contribution is 2.22. The maximum Gasteiger partial charge on any atom is 0.255 e. The van der Waals surface area contributed by atoms with Crippen LogP contribution < -0.4 is 9.04 Å². The number of carbonyl (C=O) groups is 1. The molecule has 29 heavy (non-hydrogen) atoms. The summed E-state index contributed by atoms with van der Waals surface area (Å²) < 4.78 is 31.0. The van der Waals surface area contributed by atoms with E-state index in [0.717, 1.165) is 5.69 Å². The number of amides is 1. The summed E-state index contributed by atoms with van der Waals surface area (Å²) in [6, 6.07) is 6.99. The molecule has 156 valence electrons. The van der Waals surface area contributed by atoms with E-state index in [4.69, 9.17) is 4.74 Å². The van der Waals surface area contributed by atoms with Crippen LogP contribution in [-0.2, 0) is 10.0 Å². The monoisotopic (exact) mass is 418 g/mol. The molecular weight excluding hydrogens is 392 g/mol. The summed E-state index contributed by atoms with van der Waals surface area (Å²) in [5.74, 6) is 0.458. The molecule has 1 aliphatic heterocycles. The Balaban J connectivity index is 1.54. The third-order valence-electron chi connectivity index (χ3n) is 5.04. The lowest BCUT2D eigenvalue weighted by Gasteiger charge is -2.32. The van der Waals surface area contributed by atoms with Crippen LogP contribution in [0, 0.1) is 6.92 Å². The van der Waals surface area contributed by atoms with Gasteiger partial charge in [-0.25, -0.2) is 13.4 Å². The molecule has 2 aromatic heterocycles. The van der Waals surface area contributed by atoms with Gasteiger partial charge in [0.05, 0.1) is 23.2 Å². The minimum atomic E-state index is -3.32. The molecule has 0 radical (unpaired) electrons. The number of aromatic nitrogens is 2. The Bertz CT molecular complexity index is 937. The van der Waals surface area contributed by atoms with Crippen LogP contribution in [0.4, 0.5) is 5.69 Å². The van der Waals surface area contributed by atoms with Crippen LogP contribution in [0.15, 0.2) is 36.7 Å². The van der Waals surface area contributed by atoms with Gasteiger partial charge in [0.25, 0.3) is 5.91 Å². The van der Waals surface area contributed by atoms with Crippen molar-refractivity contribution < 1.29 is 17.9 Å². The van der Waals surface area contributed by atoms with Crippen LogP contribution in [0.2, 0.25) is 0 Å². The van der Waals surface area contributed by atoms with Gasteiger partial charge in [0.1, 0.15) is 6.10 Å². The normalized spacial score (nSPS) is 15.2. The fourth-order valence-electron chi connectivity index (χ4n) is 3.11. The van der Waals surface area contributed by atoms with Gasteiger partial charge in [-0.2, -0.15) is 0 Å². The third-order valence-corrected chi connectivity index (χ3v) is 6.82. The SMILES string of the molecule is CCS(=O)(=O)N(C)c1ccc(OC2CCN(C(=O)c3ccc(C)nc3)CC2)nc1. The molecule has 0 unspecified atom stereocenters. The van der Waals surface area contributed by atoms with Crippen LogP contribution in [0.5, 0.6) is 5.88 Å². The van der Waals surface area contributed by atoms with Crippen molar-refractivity contribution in [2.75, 3.05) is 30.2 Å². The molecule has 3 rings (SSSR count).